The first-order valence-corrected chi connectivity index (χ1v) is 9.30. The van der Waals surface area contributed by atoms with Crippen LogP contribution in [0.25, 0.3) is 0 Å². The SMILES string of the molecule is COc1ccc(NS(=O)(=O)c2ccc(NC(=O)c3ncccc3F)cc2)nn1. The highest BCUT2D eigenvalue weighted by atomic mass is 32.2. The maximum Gasteiger partial charge on any atom is 0.277 e. The predicted octanol–water partition coefficient (Wildman–Crippen LogP) is 2.07. The Bertz CT molecular complexity index is 1090. The van der Waals surface area contributed by atoms with Crippen molar-refractivity contribution in [2.45, 2.75) is 4.90 Å². The molecule has 0 atom stereocenters. The molecule has 0 radical (unpaired) electrons. The van der Waals surface area contributed by atoms with Crippen LogP contribution in [0.3, 0.4) is 0 Å². The fourth-order valence-corrected chi connectivity index (χ4v) is 3.14. The van der Waals surface area contributed by atoms with Gasteiger partial charge in [0.15, 0.2) is 17.3 Å². The van der Waals surface area contributed by atoms with E-state index in [1.807, 2.05) is 0 Å². The molecule has 28 heavy (non-hydrogen) atoms. The number of aromatic nitrogens is 3. The fourth-order valence-electron chi connectivity index (χ4n) is 2.14. The number of nitrogens with one attached hydrogen (secondary N) is 2. The van der Waals surface area contributed by atoms with Crippen LogP contribution >= 0.6 is 0 Å². The van der Waals surface area contributed by atoms with Crippen LogP contribution in [0.2, 0.25) is 0 Å². The maximum absolute atomic E-state index is 13.6. The first kappa shape index (κ1) is 19.2. The average molecular weight is 403 g/mol. The Morgan fingerprint density at radius 3 is 2.43 bits per heavy atom. The van der Waals surface area contributed by atoms with Gasteiger partial charge in [0.2, 0.25) is 5.88 Å². The van der Waals surface area contributed by atoms with Crippen molar-refractivity contribution >= 4 is 27.4 Å². The minimum Gasteiger partial charge on any atom is -0.480 e. The normalized spacial score (nSPS) is 10.9. The van der Waals surface area contributed by atoms with Gasteiger partial charge in [0.25, 0.3) is 15.9 Å². The van der Waals surface area contributed by atoms with Crippen molar-refractivity contribution in [1.82, 2.24) is 15.2 Å². The molecular weight excluding hydrogens is 389 g/mol. The van der Waals surface area contributed by atoms with Crippen molar-refractivity contribution in [2.24, 2.45) is 0 Å². The van der Waals surface area contributed by atoms with Crippen molar-refractivity contribution < 1.29 is 22.3 Å². The van der Waals surface area contributed by atoms with Gasteiger partial charge in [-0.25, -0.2) is 17.8 Å². The van der Waals surface area contributed by atoms with Crippen LogP contribution < -0.4 is 14.8 Å². The molecule has 0 fully saturated rings. The third-order valence-corrected chi connectivity index (χ3v) is 4.85. The topological polar surface area (TPSA) is 123 Å². The molecule has 0 spiro atoms. The number of pyridine rings is 1. The number of sulfonamides is 1. The van der Waals surface area contributed by atoms with Gasteiger partial charge in [-0.3, -0.25) is 9.52 Å². The molecule has 1 amide bonds. The summed E-state index contributed by atoms with van der Waals surface area (Å²) < 4.78 is 45.5. The number of nitrogens with zero attached hydrogens (tertiary/aromatic N) is 3. The third kappa shape index (κ3) is 4.38. The lowest BCUT2D eigenvalue weighted by molar-refractivity contribution is 0.101. The minimum absolute atomic E-state index is 0.0174. The van der Waals surface area contributed by atoms with Gasteiger partial charge in [-0.05, 0) is 42.5 Å². The number of rotatable bonds is 6. The minimum atomic E-state index is -3.92. The standard InChI is InChI=1S/C17H14FN5O4S/c1-27-15-9-8-14(21-22-15)23-28(25,26)12-6-4-11(5-7-12)20-17(24)16-13(18)3-2-10-19-16/h2-10H,1H3,(H,20,24)(H,21,23). The number of carbonyl (C=O) groups excluding carboxylic acids is 1. The van der Waals surface area contributed by atoms with Crippen molar-refractivity contribution in [2.75, 3.05) is 17.1 Å². The summed E-state index contributed by atoms with van der Waals surface area (Å²) in [7, 11) is -2.50. The molecule has 0 unspecified atom stereocenters. The Hall–Kier alpha value is -3.60. The first-order valence-electron chi connectivity index (χ1n) is 7.81. The van der Waals surface area contributed by atoms with Gasteiger partial charge in [0.05, 0.1) is 12.0 Å². The number of halogens is 1. The van der Waals surface area contributed by atoms with Crippen molar-refractivity contribution in [3.63, 3.8) is 0 Å². The van der Waals surface area contributed by atoms with E-state index in [4.69, 9.17) is 4.74 Å². The van der Waals surface area contributed by atoms with E-state index in [1.54, 1.807) is 0 Å². The number of benzene rings is 1. The van der Waals surface area contributed by atoms with Gasteiger partial charge in [0.1, 0.15) is 0 Å². The van der Waals surface area contributed by atoms with Crippen LogP contribution in [0.1, 0.15) is 10.5 Å². The molecule has 3 aromatic rings. The van der Waals surface area contributed by atoms with Crippen molar-refractivity contribution in [1.29, 1.82) is 0 Å². The van der Waals surface area contributed by atoms with Crippen LogP contribution in [-0.2, 0) is 10.0 Å². The van der Waals surface area contributed by atoms with E-state index in [0.29, 0.717) is 0 Å². The summed E-state index contributed by atoms with van der Waals surface area (Å²) in [6.45, 7) is 0. The second-order valence-corrected chi connectivity index (χ2v) is 7.06. The second-order valence-electron chi connectivity index (χ2n) is 5.38. The summed E-state index contributed by atoms with van der Waals surface area (Å²) >= 11 is 0. The molecule has 1 aromatic carbocycles. The van der Waals surface area contributed by atoms with Gasteiger partial charge in [0, 0.05) is 18.0 Å². The molecule has 144 valence electrons. The Balaban J connectivity index is 1.72. The highest BCUT2D eigenvalue weighted by Gasteiger charge is 2.17. The molecule has 0 bridgehead atoms. The fraction of sp³-hybridized carbons (Fsp3) is 0.0588. The second kappa shape index (κ2) is 7.96. The summed E-state index contributed by atoms with van der Waals surface area (Å²) in [6.07, 6.45) is 1.29. The maximum atomic E-state index is 13.6. The smallest absolute Gasteiger partial charge is 0.277 e. The van der Waals surface area contributed by atoms with E-state index < -0.39 is 21.7 Å². The van der Waals surface area contributed by atoms with Crippen LogP contribution in [0.5, 0.6) is 5.88 Å². The average Bonchev–Trinajstić information content (AvgIpc) is 2.69. The predicted molar refractivity (Wildman–Crippen MR) is 98.0 cm³/mol. The molecule has 11 heteroatoms. The third-order valence-electron chi connectivity index (χ3n) is 3.48. The molecular formula is C17H14FN5O4S. The number of hydrogen-bond donors (Lipinski definition) is 2. The Morgan fingerprint density at radius 2 is 1.82 bits per heavy atom. The number of anilines is 2. The number of hydrogen-bond acceptors (Lipinski definition) is 7. The van der Waals surface area contributed by atoms with Gasteiger partial charge >= 0.3 is 0 Å². The molecule has 9 nitrogen and oxygen atoms in total. The Labute approximate surface area is 159 Å². The molecule has 2 N–H and O–H groups in total. The van der Waals surface area contributed by atoms with E-state index in [0.717, 1.165) is 6.07 Å². The zero-order valence-electron chi connectivity index (χ0n) is 14.5. The van der Waals surface area contributed by atoms with Gasteiger partial charge in [-0.15, -0.1) is 10.2 Å². The quantitative estimate of drug-likeness (QED) is 0.646. The molecule has 0 aliphatic rings. The first-order chi connectivity index (χ1) is 13.4. The zero-order valence-corrected chi connectivity index (χ0v) is 15.3. The zero-order chi connectivity index (χ0) is 20.1. The van der Waals surface area contributed by atoms with Crippen LogP contribution in [-0.4, -0.2) is 36.6 Å². The van der Waals surface area contributed by atoms with Crippen LogP contribution in [0, 0.1) is 5.82 Å². The molecule has 2 aromatic heterocycles. The van der Waals surface area contributed by atoms with Crippen LogP contribution in [0.4, 0.5) is 15.9 Å². The lowest BCUT2D eigenvalue weighted by Gasteiger charge is -2.09. The molecule has 0 saturated heterocycles. The highest BCUT2D eigenvalue weighted by molar-refractivity contribution is 7.92. The summed E-state index contributed by atoms with van der Waals surface area (Å²) in [5, 5.41) is 9.82. The number of carbonyl (C=O) groups is 1. The molecule has 2 heterocycles. The summed E-state index contributed by atoms with van der Waals surface area (Å²) in [5.74, 6) is -1.25. The van der Waals surface area contributed by atoms with Gasteiger partial charge in [-0.1, -0.05) is 0 Å². The van der Waals surface area contributed by atoms with Gasteiger partial charge < -0.3 is 10.1 Å². The number of methoxy groups -OCH3 is 1. The van der Waals surface area contributed by atoms with E-state index in [9.17, 15) is 17.6 Å². The number of amides is 1. The Kier molecular flexibility index (Phi) is 5.45. The molecule has 0 aliphatic carbocycles. The van der Waals surface area contributed by atoms with E-state index in [1.165, 1.54) is 55.8 Å². The summed E-state index contributed by atoms with van der Waals surface area (Å²) in [6, 6.07) is 10.6. The van der Waals surface area contributed by atoms with E-state index in [-0.39, 0.29) is 28.0 Å². The Morgan fingerprint density at radius 1 is 1.07 bits per heavy atom. The lowest BCUT2D eigenvalue weighted by Crippen LogP contribution is -2.16. The van der Waals surface area contributed by atoms with E-state index in [2.05, 4.69) is 25.2 Å². The number of ether oxygens (including phenoxy) is 1. The van der Waals surface area contributed by atoms with Crippen LogP contribution in [0.15, 0.2) is 59.6 Å². The monoisotopic (exact) mass is 403 g/mol. The lowest BCUT2D eigenvalue weighted by atomic mass is 10.3. The van der Waals surface area contributed by atoms with Crippen molar-refractivity contribution in [3.05, 3.63) is 66.2 Å². The van der Waals surface area contributed by atoms with Crippen molar-refractivity contribution in [3.8, 4) is 5.88 Å². The molecule has 0 aliphatic heterocycles. The highest BCUT2D eigenvalue weighted by Crippen LogP contribution is 2.18. The summed E-state index contributed by atoms with van der Waals surface area (Å²) in [4.78, 5) is 15.7. The largest absolute Gasteiger partial charge is 0.480 e. The van der Waals surface area contributed by atoms with E-state index >= 15 is 0 Å². The van der Waals surface area contributed by atoms with Gasteiger partial charge in [-0.2, -0.15) is 0 Å². The molecule has 3 rings (SSSR count). The summed E-state index contributed by atoms with van der Waals surface area (Å²) in [5.41, 5.74) is -0.0859. The molecule has 0 saturated carbocycles.